The summed E-state index contributed by atoms with van der Waals surface area (Å²) in [6, 6.07) is 0. The summed E-state index contributed by atoms with van der Waals surface area (Å²) in [6.07, 6.45) is 0.00694. The molecular formula is C5H10O3. The van der Waals surface area contributed by atoms with Crippen LogP contribution in [-0.2, 0) is 9.47 Å². The molecule has 1 aliphatic rings. The quantitative estimate of drug-likeness (QED) is 0.515. The third-order valence-electron chi connectivity index (χ3n) is 1.31. The van der Waals surface area contributed by atoms with Gasteiger partial charge in [-0.15, -0.1) is 0 Å². The van der Waals surface area contributed by atoms with Gasteiger partial charge in [-0.05, 0) is 0 Å². The van der Waals surface area contributed by atoms with Gasteiger partial charge in [0.15, 0.2) is 6.29 Å². The van der Waals surface area contributed by atoms with Crippen LogP contribution >= 0.6 is 0 Å². The largest absolute Gasteiger partial charge is 0.376 e. The zero-order valence-electron chi connectivity index (χ0n) is 4.83. The number of ether oxygens (including phenoxy) is 2. The predicted octanol–water partition coefficient (Wildman–Crippen LogP) is -0.260. The minimum atomic E-state index is -0.694. The molecule has 0 aromatic heterocycles. The smallest absolute Gasteiger partial charge is 0.181 e. The maximum atomic E-state index is 8.84. The van der Waals surface area contributed by atoms with Gasteiger partial charge in [0.2, 0.25) is 0 Å². The summed E-state index contributed by atoms with van der Waals surface area (Å²) in [5.74, 6) is 0. The fourth-order valence-corrected chi connectivity index (χ4v) is 0.789. The van der Waals surface area contributed by atoms with Crippen LogP contribution in [0.5, 0.6) is 0 Å². The van der Waals surface area contributed by atoms with Crippen LogP contribution in [0.2, 0.25) is 0 Å². The lowest BCUT2D eigenvalue weighted by Crippen LogP contribution is -2.21. The van der Waals surface area contributed by atoms with Gasteiger partial charge in [-0.25, -0.2) is 0 Å². The van der Waals surface area contributed by atoms with Crippen LogP contribution in [0.4, 0.5) is 0 Å². The molecule has 0 amide bonds. The van der Waals surface area contributed by atoms with Gasteiger partial charge < -0.3 is 14.6 Å². The fraction of sp³-hybridized carbons (Fsp3) is 1.00. The second kappa shape index (κ2) is 2.44. The highest BCUT2D eigenvalue weighted by atomic mass is 16.6. The first-order valence-electron chi connectivity index (χ1n) is 2.67. The number of aliphatic hydroxyl groups is 1. The predicted molar refractivity (Wildman–Crippen MR) is 27.4 cm³/mol. The topological polar surface area (TPSA) is 38.7 Å². The normalized spacial score (nSPS) is 38.2. The zero-order chi connectivity index (χ0) is 5.98. The Kier molecular flexibility index (Phi) is 1.83. The van der Waals surface area contributed by atoms with Gasteiger partial charge >= 0.3 is 0 Å². The second-order valence-corrected chi connectivity index (χ2v) is 1.82. The number of rotatable bonds is 1. The fourth-order valence-electron chi connectivity index (χ4n) is 0.789. The Morgan fingerprint density at radius 2 is 2.50 bits per heavy atom. The van der Waals surface area contributed by atoms with Gasteiger partial charge in [0, 0.05) is 13.5 Å². The van der Waals surface area contributed by atoms with Crippen molar-refractivity contribution in [1.29, 1.82) is 0 Å². The van der Waals surface area contributed by atoms with Crippen molar-refractivity contribution in [2.24, 2.45) is 0 Å². The summed E-state index contributed by atoms with van der Waals surface area (Å²) in [5, 5.41) is 8.84. The van der Waals surface area contributed by atoms with Gasteiger partial charge in [0.25, 0.3) is 0 Å². The summed E-state index contributed by atoms with van der Waals surface area (Å²) in [7, 11) is 1.57. The van der Waals surface area contributed by atoms with E-state index in [1.165, 1.54) is 0 Å². The van der Waals surface area contributed by atoms with Crippen molar-refractivity contribution < 1.29 is 14.6 Å². The number of methoxy groups -OCH3 is 1. The Morgan fingerprint density at radius 1 is 1.75 bits per heavy atom. The van der Waals surface area contributed by atoms with E-state index in [1.54, 1.807) is 7.11 Å². The van der Waals surface area contributed by atoms with Crippen LogP contribution in [0, 0.1) is 0 Å². The van der Waals surface area contributed by atoms with Crippen LogP contribution < -0.4 is 0 Å². The third kappa shape index (κ3) is 0.992. The average Bonchev–Trinajstić information content (AvgIpc) is 2.14. The highest BCUT2D eigenvalue weighted by Crippen LogP contribution is 2.12. The maximum Gasteiger partial charge on any atom is 0.181 e. The number of hydrogen-bond donors (Lipinski definition) is 1. The molecule has 1 N–H and O–H groups in total. The maximum absolute atomic E-state index is 8.84. The van der Waals surface area contributed by atoms with Crippen molar-refractivity contribution >= 4 is 0 Å². The lowest BCUT2D eigenvalue weighted by molar-refractivity contribution is -0.117. The van der Waals surface area contributed by atoms with E-state index in [1.807, 2.05) is 0 Å². The molecule has 48 valence electrons. The molecule has 0 aromatic rings. The summed E-state index contributed by atoms with van der Waals surface area (Å²) >= 11 is 0. The van der Waals surface area contributed by atoms with Gasteiger partial charge in [0.1, 0.15) is 6.10 Å². The highest BCUT2D eigenvalue weighted by Gasteiger charge is 2.24. The van der Waals surface area contributed by atoms with E-state index in [9.17, 15) is 0 Å². The first kappa shape index (κ1) is 6.01. The molecule has 1 rings (SSSR count). The SMILES string of the molecule is COC1CCOC1O. The molecule has 3 nitrogen and oxygen atoms in total. The Morgan fingerprint density at radius 3 is 2.75 bits per heavy atom. The van der Waals surface area contributed by atoms with Crippen LogP contribution in [0.3, 0.4) is 0 Å². The van der Waals surface area contributed by atoms with Crippen molar-refractivity contribution in [3.8, 4) is 0 Å². The van der Waals surface area contributed by atoms with Gasteiger partial charge in [-0.1, -0.05) is 0 Å². The van der Waals surface area contributed by atoms with Crippen molar-refractivity contribution in [2.45, 2.75) is 18.8 Å². The van der Waals surface area contributed by atoms with Gasteiger partial charge in [0.05, 0.1) is 6.61 Å². The van der Waals surface area contributed by atoms with E-state index in [0.717, 1.165) is 6.42 Å². The molecule has 2 atom stereocenters. The van der Waals surface area contributed by atoms with E-state index in [4.69, 9.17) is 14.6 Å². The minimum Gasteiger partial charge on any atom is -0.376 e. The molecular weight excluding hydrogens is 108 g/mol. The molecule has 0 aliphatic carbocycles. The zero-order valence-corrected chi connectivity index (χ0v) is 4.83. The van der Waals surface area contributed by atoms with E-state index >= 15 is 0 Å². The highest BCUT2D eigenvalue weighted by molar-refractivity contribution is 4.66. The number of hydrogen-bond acceptors (Lipinski definition) is 3. The minimum absolute atomic E-state index is 0.102. The lowest BCUT2D eigenvalue weighted by Gasteiger charge is -2.08. The van der Waals surface area contributed by atoms with Crippen LogP contribution in [0.1, 0.15) is 6.42 Å². The van der Waals surface area contributed by atoms with Gasteiger partial charge in [-0.2, -0.15) is 0 Å². The molecule has 1 fully saturated rings. The third-order valence-corrected chi connectivity index (χ3v) is 1.31. The van der Waals surface area contributed by atoms with E-state index in [-0.39, 0.29) is 6.10 Å². The second-order valence-electron chi connectivity index (χ2n) is 1.82. The van der Waals surface area contributed by atoms with Gasteiger partial charge in [-0.3, -0.25) is 0 Å². The molecule has 0 bridgehead atoms. The Hall–Kier alpha value is -0.120. The standard InChI is InChI=1S/C5H10O3/c1-7-4-2-3-8-5(4)6/h4-6H,2-3H2,1H3. The molecule has 1 heterocycles. The van der Waals surface area contributed by atoms with Crippen LogP contribution in [0.15, 0.2) is 0 Å². The van der Waals surface area contributed by atoms with Crippen LogP contribution in [0.25, 0.3) is 0 Å². The van der Waals surface area contributed by atoms with E-state index < -0.39 is 6.29 Å². The van der Waals surface area contributed by atoms with E-state index in [0.29, 0.717) is 6.61 Å². The molecule has 1 saturated heterocycles. The molecule has 0 aromatic carbocycles. The lowest BCUT2D eigenvalue weighted by atomic mass is 10.3. The summed E-state index contributed by atoms with van der Waals surface area (Å²) in [6.45, 7) is 0.611. The summed E-state index contributed by atoms with van der Waals surface area (Å²) in [5.41, 5.74) is 0. The molecule has 0 spiro atoms. The molecule has 1 aliphatic heterocycles. The summed E-state index contributed by atoms with van der Waals surface area (Å²) in [4.78, 5) is 0. The molecule has 2 unspecified atom stereocenters. The molecule has 0 saturated carbocycles. The first-order valence-corrected chi connectivity index (χ1v) is 2.67. The first-order chi connectivity index (χ1) is 3.84. The van der Waals surface area contributed by atoms with Crippen molar-refractivity contribution in [3.63, 3.8) is 0 Å². The summed E-state index contributed by atoms with van der Waals surface area (Å²) < 4.78 is 9.64. The van der Waals surface area contributed by atoms with Crippen molar-refractivity contribution in [1.82, 2.24) is 0 Å². The average molecular weight is 118 g/mol. The Balaban J connectivity index is 2.30. The molecule has 8 heavy (non-hydrogen) atoms. The monoisotopic (exact) mass is 118 g/mol. The Labute approximate surface area is 48.2 Å². The molecule has 3 heteroatoms. The van der Waals surface area contributed by atoms with E-state index in [2.05, 4.69) is 0 Å². The van der Waals surface area contributed by atoms with Crippen molar-refractivity contribution in [3.05, 3.63) is 0 Å². The van der Waals surface area contributed by atoms with Crippen molar-refractivity contribution in [2.75, 3.05) is 13.7 Å². The number of aliphatic hydroxyl groups excluding tert-OH is 1. The van der Waals surface area contributed by atoms with Crippen LogP contribution in [-0.4, -0.2) is 31.2 Å². The Bertz CT molecular complexity index is 74.1. The molecule has 0 radical (unpaired) electrons.